The van der Waals surface area contributed by atoms with Crippen molar-refractivity contribution < 1.29 is 4.74 Å². The van der Waals surface area contributed by atoms with Crippen molar-refractivity contribution in [1.29, 1.82) is 0 Å². The molecule has 1 aliphatic rings. The Hall–Kier alpha value is -0.640. The van der Waals surface area contributed by atoms with Gasteiger partial charge in [0.25, 0.3) is 0 Å². The van der Waals surface area contributed by atoms with Crippen molar-refractivity contribution >= 4 is 12.6 Å². The number of rotatable bonds is 6. The van der Waals surface area contributed by atoms with E-state index in [1.807, 2.05) is 17.1 Å². The molecule has 4 heteroatoms. The highest BCUT2D eigenvalue weighted by molar-refractivity contribution is 7.80. The lowest BCUT2D eigenvalue weighted by atomic mass is 9.90. The zero-order valence-electron chi connectivity index (χ0n) is 10.6. The molecule has 1 aromatic rings. The minimum atomic E-state index is 0.302. The van der Waals surface area contributed by atoms with Gasteiger partial charge in [-0.3, -0.25) is 4.68 Å². The summed E-state index contributed by atoms with van der Waals surface area (Å²) in [5.74, 6) is 1.82. The number of hydrogen-bond donors (Lipinski definition) is 1. The van der Waals surface area contributed by atoms with Crippen LogP contribution in [-0.4, -0.2) is 22.1 Å². The molecule has 0 aromatic carbocycles. The van der Waals surface area contributed by atoms with Crippen LogP contribution in [0.2, 0.25) is 0 Å². The van der Waals surface area contributed by atoms with Crippen LogP contribution in [0.25, 0.3) is 0 Å². The Morgan fingerprint density at radius 3 is 2.88 bits per heavy atom. The van der Waals surface area contributed by atoms with E-state index in [0.29, 0.717) is 5.41 Å². The Morgan fingerprint density at radius 1 is 1.47 bits per heavy atom. The van der Waals surface area contributed by atoms with Crippen molar-refractivity contribution in [2.75, 3.05) is 12.4 Å². The van der Waals surface area contributed by atoms with Gasteiger partial charge in [-0.2, -0.15) is 17.7 Å². The molecule has 0 amide bonds. The molecule has 0 N–H and O–H groups in total. The van der Waals surface area contributed by atoms with Crippen LogP contribution in [0.15, 0.2) is 12.4 Å². The van der Waals surface area contributed by atoms with Gasteiger partial charge in [0.15, 0.2) is 5.75 Å². The first kappa shape index (κ1) is 12.8. The molecule has 0 unspecified atom stereocenters. The lowest BCUT2D eigenvalue weighted by Gasteiger charge is -2.26. The molecule has 1 saturated carbocycles. The predicted octanol–water partition coefficient (Wildman–Crippen LogP) is 3.16. The van der Waals surface area contributed by atoms with E-state index in [4.69, 9.17) is 4.74 Å². The summed E-state index contributed by atoms with van der Waals surface area (Å²) in [6.07, 6.45) is 10.0. The second-order valence-electron chi connectivity index (χ2n) is 5.09. The summed E-state index contributed by atoms with van der Waals surface area (Å²) in [4.78, 5) is 0. The zero-order valence-corrected chi connectivity index (χ0v) is 11.5. The van der Waals surface area contributed by atoms with Crippen LogP contribution in [0.3, 0.4) is 0 Å². The highest BCUT2D eigenvalue weighted by Crippen LogP contribution is 2.39. The molecule has 0 spiro atoms. The lowest BCUT2D eigenvalue weighted by molar-refractivity contribution is 0.173. The van der Waals surface area contributed by atoms with Crippen LogP contribution < -0.4 is 4.74 Å². The van der Waals surface area contributed by atoms with E-state index in [1.54, 1.807) is 0 Å². The summed E-state index contributed by atoms with van der Waals surface area (Å²) in [5, 5.41) is 4.27. The quantitative estimate of drug-likeness (QED) is 0.789. The van der Waals surface area contributed by atoms with Crippen LogP contribution in [0.1, 0.15) is 39.0 Å². The fourth-order valence-electron chi connectivity index (χ4n) is 2.48. The highest BCUT2D eigenvalue weighted by atomic mass is 32.1. The first-order valence-corrected chi connectivity index (χ1v) is 7.17. The number of ether oxygens (including phenoxy) is 1. The molecule has 1 aromatic heterocycles. The third-order valence-corrected chi connectivity index (χ3v) is 4.28. The van der Waals surface area contributed by atoms with Gasteiger partial charge in [0.1, 0.15) is 0 Å². The molecule has 0 radical (unpaired) electrons. The van der Waals surface area contributed by atoms with Gasteiger partial charge >= 0.3 is 0 Å². The Morgan fingerprint density at radius 2 is 2.24 bits per heavy atom. The third-order valence-electron chi connectivity index (χ3n) is 3.61. The normalized spacial score (nSPS) is 18.5. The molecule has 0 aliphatic heterocycles. The largest absolute Gasteiger partial charge is 0.490 e. The van der Waals surface area contributed by atoms with Gasteiger partial charge < -0.3 is 4.74 Å². The van der Waals surface area contributed by atoms with Crippen LogP contribution in [0.5, 0.6) is 5.75 Å². The smallest absolute Gasteiger partial charge is 0.157 e. The standard InChI is InChI=1S/C13H22N2OS/c1-2-7-15-9-12(8-14-15)16-10-13(11-17)5-3-4-6-13/h8-9,17H,2-7,10-11H2,1H3. The van der Waals surface area contributed by atoms with Crippen molar-refractivity contribution in [3.8, 4) is 5.75 Å². The van der Waals surface area contributed by atoms with Gasteiger partial charge in [-0.15, -0.1) is 0 Å². The van der Waals surface area contributed by atoms with Crippen molar-refractivity contribution in [2.45, 2.75) is 45.6 Å². The second-order valence-corrected chi connectivity index (χ2v) is 5.41. The van der Waals surface area contributed by atoms with Gasteiger partial charge in [0.05, 0.1) is 19.0 Å². The van der Waals surface area contributed by atoms with Crippen molar-refractivity contribution in [3.05, 3.63) is 12.4 Å². The predicted molar refractivity (Wildman–Crippen MR) is 72.8 cm³/mol. The number of thiol groups is 1. The number of nitrogens with zero attached hydrogens (tertiary/aromatic N) is 2. The Balaban J connectivity index is 1.87. The van der Waals surface area contributed by atoms with Crippen LogP contribution >= 0.6 is 12.6 Å². The zero-order chi connectivity index (χ0) is 12.1. The summed E-state index contributed by atoms with van der Waals surface area (Å²) in [5.41, 5.74) is 0.302. The summed E-state index contributed by atoms with van der Waals surface area (Å²) in [6.45, 7) is 3.89. The van der Waals surface area contributed by atoms with Crippen LogP contribution in [0.4, 0.5) is 0 Å². The summed E-state index contributed by atoms with van der Waals surface area (Å²) in [7, 11) is 0. The minimum absolute atomic E-state index is 0.302. The molecule has 0 bridgehead atoms. The fraction of sp³-hybridized carbons (Fsp3) is 0.769. The molecule has 1 heterocycles. The molecule has 2 rings (SSSR count). The molecule has 1 fully saturated rings. The SMILES string of the molecule is CCCn1cc(OCC2(CS)CCCC2)cn1. The van der Waals surface area contributed by atoms with E-state index >= 15 is 0 Å². The highest BCUT2D eigenvalue weighted by Gasteiger charge is 2.33. The van der Waals surface area contributed by atoms with E-state index in [2.05, 4.69) is 24.7 Å². The van der Waals surface area contributed by atoms with Crippen molar-refractivity contribution in [2.24, 2.45) is 5.41 Å². The second kappa shape index (κ2) is 5.80. The Bertz CT molecular complexity index is 345. The van der Waals surface area contributed by atoms with Gasteiger partial charge in [0.2, 0.25) is 0 Å². The monoisotopic (exact) mass is 254 g/mol. The summed E-state index contributed by atoms with van der Waals surface area (Å²) in [6, 6.07) is 0. The Kier molecular flexibility index (Phi) is 4.37. The Labute approximate surface area is 109 Å². The molecular weight excluding hydrogens is 232 g/mol. The molecular formula is C13H22N2OS. The maximum atomic E-state index is 5.88. The van der Waals surface area contributed by atoms with Crippen LogP contribution in [0, 0.1) is 5.41 Å². The average molecular weight is 254 g/mol. The summed E-state index contributed by atoms with van der Waals surface area (Å²) >= 11 is 4.49. The fourth-order valence-corrected chi connectivity index (χ4v) is 2.89. The molecule has 0 atom stereocenters. The first-order chi connectivity index (χ1) is 8.28. The molecule has 1 aliphatic carbocycles. The van der Waals surface area contributed by atoms with E-state index in [-0.39, 0.29) is 0 Å². The van der Waals surface area contributed by atoms with E-state index in [0.717, 1.165) is 31.1 Å². The van der Waals surface area contributed by atoms with E-state index in [9.17, 15) is 0 Å². The molecule has 0 saturated heterocycles. The number of aromatic nitrogens is 2. The maximum absolute atomic E-state index is 5.88. The first-order valence-electron chi connectivity index (χ1n) is 6.54. The third kappa shape index (κ3) is 3.18. The number of aryl methyl sites for hydroxylation is 1. The minimum Gasteiger partial charge on any atom is -0.490 e. The molecule has 96 valence electrons. The van der Waals surface area contributed by atoms with Gasteiger partial charge in [-0.25, -0.2) is 0 Å². The van der Waals surface area contributed by atoms with Gasteiger partial charge in [-0.1, -0.05) is 19.8 Å². The van der Waals surface area contributed by atoms with Gasteiger partial charge in [-0.05, 0) is 25.0 Å². The van der Waals surface area contributed by atoms with Gasteiger partial charge in [0, 0.05) is 12.0 Å². The average Bonchev–Trinajstić information content (AvgIpc) is 2.96. The molecule has 17 heavy (non-hydrogen) atoms. The van der Waals surface area contributed by atoms with Crippen molar-refractivity contribution in [3.63, 3.8) is 0 Å². The number of hydrogen-bond acceptors (Lipinski definition) is 3. The topological polar surface area (TPSA) is 27.1 Å². The molecule has 3 nitrogen and oxygen atoms in total. The summed E-state index contributed by atoms with van der Waals surface area (Å²) < 4.78 is 7.82. The van der Waals surface area contributed by atoms with Crippen molar-refractivity contribution in [1.82, 2.24) is 9.78 Å². The van der Waals surface area contributed by atoms with Crippen LogP contribution in [-0.2, 0) is 6.54 Å². The van der Waals surface area contributed by atoms with E-state index < -0.39 is 0 Å². The lowest BCUT2D eigenvalue weighted by Crippen LogP contribution is -2.27. The maximum Gasteiger partial charge on any atom is 0.157 e. The van der Waals surface area contributed by atoms with E-state index in [1.165, 1.54) is 25.7 Å².